The number of esters is 1. The van der Waals surface area contributed by atoms with Crippen LogP contribution in [0.1, 0.15) is 21.5 Å². The second-order valence-electron chi connectivity index (χ2n) is 6.57. The summed E-state index contributed by atoms with van der Waals surface area (Å²) in [4.78, 5) is 26.3. The van der Waals surface area contributed by atoms with Gasteiger partial charge in [-0.05, 0) is 29.3 Å². The first kappa shape index (κ1) is 16.0. The quantitative estimate of drug-likeness (QED) is 0.256. The lowest BCUT2D eigenvalue weighted by molar-refractivity contribution is -0.508. The van der Waals surface area contributed by atoms with E-state index in [1.165, 1.54) is 0 Å². The molecule has 2 aromatic carbocycles. The predicted molar refractivity (Wildman–Crippen MR) is 102 cm³/mol. The zero-order chi connectivity index (χ0) is 18.5. The third kappa shape index (κ3) is 2.77. The number of hydrogen-bond acceptors (Lipinski definition) is 3. The highest BCUT2D eigenvalue weighted by Gasteiger charge is 2.28. The van der Waals surface area contributed by atoms with E-state index < -0.39 is 0 Å². The molecule has 0 atom stereocenters. The second kappa shape index (κ2) is 5.94. The molecule has 0 aliphatic carbocycles. The molecule has 1 amide bonds. The molecule has 0 fully saturated rings. The number of ether oxygens (including phenoxy) is 1. The number of carbonyl (C=O) groups excluding carboxylic acids is 2. The smallest absolute Gasteiger partial charge is 0.379 e. The summed E-state index contributed by atoms with van der Waals surface area (Å²) in [6.07, 6.45) is 3.84. The molecule has 0 radical (unpaired) electrons. The van der Waals surface area contributed by atoms with E-state index in [4.69, 9.17) is 4.74 Å². The summed E-state index contributed by atoms with van der Waals surface area (Å²) in [5.41, 5.74) is 7.26. The number of nitrogens with one attached hydrogen (secondary N) is 2. The molecular weight excluding hydrogens is 362 g/mol. The standard InChI is InChI=1S/C20H13N3O3S/c24-18-17(22-20(27)23-18)8-14-6-12-2-1-11(7-16(12)21-14)10-3-4-15-13(5-10)9-26-19(15)25/h1-8,21H,9H2,(H2,22,23,24,27)/p+2/b17-8+. The van der Waals surface area contributed by atoms with Crippen molar-refractivity contribution in [2.75, 3.05) is 0 Å². The van der Waals surface area contributed by atoms with Crippen LogP contribution in [0.15, 0.2) is 53.9 Å². The predicted octanol–water partition coefficient (Wildman–Crippen LogP) is -0.0465. The van der Waals surface area contributed by atoms with Gasteiger partial charge in [-0.15, -0.1) is 0 Å². The van der Waals surface area contributed by atoms with Crippen LogP contribution in [0.2, 0.25) is 0 Å². The minimum Gasteiger partial charge on any atom is -0.457 e. The van der Waals surface area contributed by atoms with Crippen LogP contribution in [-0.4, -0.2) is 17.0 Å². The zero-order valence-electron chi connectivity index (χ0n) is 14.1. The van der Waals surface area contributed by atoms with E-state index in [9.17, 15) is 9.59 Å². The van der Waals surface area contributed by atoms with Gasteiger partial charge in [0.1, 0.15) is 18.0 Å². The Hall–Kier alpha value is -3.16. The van der Waals surface area contributed by atoms with Gasteiger partial charge in [-0.25, -0.2) is 14.6 Å². The van der Waals surface area contributed by atoms with Crippen LogP contribution in [0, 0.1) is 0 Å². The molecular formula is C20H15N3O3S+2. The lowest BCUT2D eigenvalue weighted by Gasteiger charge is -2.05. The monoisotopic (exact) mass is 377 g/mol. The SMILES string of the molecule is O=C1NC(S)=[NH+]/C1=C/C1=Cc2ccc(-c3ccc4c(c3)COC4=O)cc2[NH2+]1. The minimum absolute atomic E-state index is 0.194. The molecule has 3 heterocycles. The number of amides is 1. The summed E-state index contributed by atoms with van der Waals surface area (Å²) in [6.45, 7) is 0.331. The number of nitrogens with two attached hydrogens (primary N) is 1. The Morgan fingerprint density at radius 1 is 1.15 bits per heavy atom. The van der Waals surface area contributed by atoms with Crippen LogP contribution >= 0.6 is 12.6 Å². The number of allylic oxidation sites excluding steroid dienone is 1. The van der Waals surface area contributed by atoms with Gasteiger partial charge in [0.15, 0.2) is 0 Å². The molecule has 6 nitrogen and oxygen atoms in total. The molecule has 0 aromatic heterocycles. The van der Waals surface area contributed by atoms with Crippen LogP contribution in [0.25, 0.3) is 17.2 Å². The van der Waals surface area contributed by atoms with Crippen molar-refractivity contribution in [3.63, 3.8) is 0 Å². The summed E-state index contributed by atoms with van der Waals surface area (Å²) in [5, 5.41) is 5.08. The van der Waals surface area contributed by atoms with E-state index in [-0.39, 0.29) is 11.9 Å². The third-order valence-electron chi connectivity index (χ3n) is 4.79. The number of amidine groups is 1. The summed E-state index contributed by atoms with van der Waals surface area (Å²) >= 11 is 4.12. The van der Waals surface area contributed by atoms with Crippen molar-refractivity contribution in [3.05, 3.63) is 70.6 Å². The van der Waals surface area contributed by atoms with E-state index in [0.717, 1.165) is 33.6 Å². The van der Waals surface area contributed by atoms with Gasteiger partial charge in [-0.3, -0.25) is 5.32 Å². The van der Waals surface area contributed by atoms with E-state index >= 15 is 0 Å². The van der Waals surface area contributed by atoms with Crippen molar-refractivity contribution in [2.24, 2.45) is 0 Å². The fourth-order valence-corrected chi connectivity index (χ4v) is 3.69. The Balaban J connectivity index is 1.43. The normalized spacial score (nSPS) is 18.8. The molecule has 0 saturated carbocycles. The first-order valence-corrected chi connectivity index (χ1v) is 8.88. The first-order valence-electron chi connectivity index (χ1n) is 8.44. The fraction of sp³-hybridized carbons (Fsp3) is 0.0500. The highest BCUT2D eigenvalue weighted by molar-refractivity contribution is 7.96. The van der Waals surface area contributed by atoms with Crippen LogP contribution in [0.5, 0.6) is 0 Å². The van der Waals surface area contributed by atoms with Crippen molar-refractivity contribution < 1.29 is 24.6 Å². The first-order chi connectivity index (χ1) is 13.1. The van der Waals surface area contributed by atoms with E-state index in [0.29, 0.717) is 23.0 Å². The summed E-state index contributed by atoms with van der Waals surface area (Å²) in [7, 11) is 0. The maximum atomic E-state index is 11.8. The van der Waals surface area contributed by atoms with Gasteiger partial charge < -0.3 is 4.74 Å². The van der Waals surface area contributed by atoms with Crippen LogP contribution < -0.4 is 15.6 Å². The average molecular weight is 377 g/mol. The number of quaternary nitrogens is 1. The van der Waals surface area contributed by atoms with Gasteiger partial charge in [-0.1, -0.05) is 24.8 Å². The Kier molecular flexibility index (Phi) is 3.53. The maximum absolute atomic E-state index is 11.8. The summed E-state index contributed by atoms with van der Waals surface area (Å²) in [5.74, 6) is -0.451. The Bertz CT molecular complexity index is 1130. The number of cyclic esters (lactones) is 1. The van der Waals surface area contributed by atoms with Crippen molar-refractivity contribution in [1.82, 2.24) is 5.32 Å². The van der Waals surface area contributed by atoms with Gasteiger partial charge in [0, 0.05) is 23.3 Å². The Labute approximate surface area is 160 Å². The van der Waals surface area contributed by atoms with Crippen LogP contribution in [0.3, 0.4) is 0 Å². The second-order valence-corrected chi connectivity index (χ2v) is 7.01. The van der Waals surface area contributed by atoms with Gasteiger partial charge in [0.2, 0.25) is 5.70 Å². The van der Waals surface area contributed by atoms with E-state index in [1.54, 1.807) is 6.08 Å². The van der Waals surface area contributed by atoms with E-state index in [2.05, 4.69) is 41.1 Å². The van der Waals surface area contributed by atoms with Crippen molar-refractivity contribution >= 4 is 41.4 Å². The third-order valence-corrected chi connectivity index (χ3v) is 5.01. The molecule has 27 heavy (non-hydrogen) atoms. The molecule has 0 spiro atoms. The number of benzene rings is 2. The minimum atomic E-state index is -0.258. The van der Waals surface area contributed by atoms with Crippen LogP contribution in [-0.2, 0) is 16.1 Å². The molecule has 2 aromatic rings. The van der Waals surface area contributed by atoms with Crippen molar-refractivity contribution in [1.29, 1.82) is 0 Å². The van der Waals surface area contributed by atoms with Gasteiger partial charge in [0.25, 0.3) is 0 Å². The number of hydrogen-bond donors (Lipinski definition) is 4. The summed E-state index contributed by atoms with van der Waals surface area (Å²) in [6, 6.07) is 12.0. The number of thiol groups is 1. The number of carbonyl (C=O) groups is 2. The molecule has 0 bridgehead atoms. The lowest BCUT2D eigenvalue weighted by atomic mass is 9.99. The lowest BCUT2D eigenvalue weighted by Crippen LogP contribution is -2.74. The molecule has 5 rings (SSSR count). The Morgan fingerprint density at radius 3 is 2.78 bits per heavy atom. The van der Waals surface area contributed by atoms with Crippen LogP contribution in [0.4, 0.5) is 5.69 Å². The topological polar surface area (TPSA) is 86.0 Å². The highest BCUT2D eigenvalue weighted by Crippen LogP contribution is 2.30. The summed E-state index contributed by atoms with van der Waals surface area (Å²) < 4.78 is 5.08. The highest BCUT2D eigenvalue weighted by atomic mass is 32.1. The molecule has 0 unspecified atom stereocenters. The number of fused-ring (bicyclic) bond motifs is 2. The van der Waals surface area contributed by atoms with Crippen molar-refractivity contribution in [2.45, 2.75) is 6.61 Å². The van der Waals surface area contributed by atoms with Gasteiger partial charge >= 0.3 is 17.0 Å². The van der Waals surface area contributed by atoms with Gasteiger partial charge in [-0.2, -0.15) is 5.32 Å². The van der Waals surface area contributed by atoms with Crippen molar-refractivity contribution in [3.8, 4) is 11.1 Å². The average Bonchev–Trinajstić information content (AvgIpc) is 3.31. The molecule has 7 heteroatoms. The molecule has 132 valence electrons. The zero-order valence-corrected chi connectivity index (χ0v) is 15.0. The maximum Gasteiger partial charge on any atom is 0.379 e. The largest absolute Gasteiger partial charge is 0.457 e. The van der Waals surface area contributed by atoms with E-state index in [1.807, 2.05) is 29.6 Å². The molecule has 3 aliphatic rings. The number of rotatable bonds is 2. The Morgan fingerprint density at radius 2 is 1.96 bits per heavy atom. The molecule has 0 saturated heterocycles. The molecule has 4 N–H and O–H groups in total. The molecule has 3 aliphatic heterocycles. The fourth-order valence-electron chi connectivity index (χ4n) is 3.47. The van der Waals surface area contributed by atoms with Gasteiger partial charge in [0.05, 0.1) is 11.6 Å².